The number of ether oxygens (including phenoxy) is 2. The van der Waals surface area contributed by atoms with Crippen LogP contribution >= 0.6 is 0 Å². The molecule has 0 bridgehead atoms. The fourth-order valence-corrected chi connectivity index (χ4v) is 1.35. The second-order valence-electron chi connectivity index (χ2n) is 3.13. The van der Waals surface area contributed by atoms with Gasteiger partial charge in [-0.3, -0.25) is 0 Å². The average Bonchev–Trinajstić information content (AvgIpc) is 2.36. The number of benzene rings is 1. The van der Waals surface area contributed by atoms with Gasteiger partial charge in [0.05, 0.1) is 0 Å². The lowest BCUT2D eigenvalue weighted by molar-refractivity contribution is -0.287. The zero-order valence-electron chi connectivity index (χ0n) is 7.46. The fourth-order valence-electron chi connectivity index (χ4n) is 1.35. The van der Waals surface area contributed by atoms with E-state index in [0.29, 0.717) is 5.56 Å². The van der Waals surface area contributed by atoms with Crippen molar-refractivity contribution in [2.45, 2.75) is 19.3 Å². The minimum atomic E-state index is -3.58. The van der Waals surface area contributed by atoms with Crippen LogP contribution in [0.1, 0.15) is 18.5 Å². The van der Waals surface area contributed by atoms with Crippen LogP contribution in [0.4, 0.5) is 8.78 Å². The molecular formula is C9H9F2NO2. The summed E-state index contributed by atoms with van der Waals surface area (Å²) in [4.78, 5) is 0. The number of para-hydroxylation sites is 1. The predicted octanol–water partition coefficient (Wildman–Crippen LogP) is 2.03. The summed E-state index contributed by atoms with van der Waals surface area (Å²) in [6.45, 7) is 1.69. The molecule has 2 rings (SSSR count). The van der Waals surface area contributed by atoms with Crippen LogP contribution in [0.3, 0.4) is 0 Å². The molecular weight excluding hydrogens is 192 g/mol. The van der Waals surface area contributed by atoms with E-state index in [9.17, 15) is 8.78 Å². The largest absolute Gasteiger partial charge is 0.586 e. The Morgan fingerprint density at radius 2 is 2.07 bits per heavy atom. The topological polar surface area (TPSA) is 44.5 Å². The molecule has 76 valence electrons. The molecule has 0 fully saturated rings. The maximum Gasteiger partial charge on any atom is 0.586 e. The van der Waals surface area contributed by atoms with Crippen LogP contribution in [-0.4, -0.2) is 6.29 Å². The van der Waals surface area contributed by atoms with Crippen molar-refractivity contribution in [3.05, 3.63) is 23.8 Å². The van der Waals surface area contributed by atoms with E-state index in [2.05, 4.69) is 9.47 Å². The number of alkyl halides is 2. The van der Waals surface area contributed by atoms with Crippen LogP contribution in [0.5, 0.6) is 11.5 Å². The van der Waals surface area contributed by atoms with E-state index >= 15 is 0 Å². The molecule has 0 unspecified atom stereocenters. The van der Waals surface area contributed by atoms with Crippen molar-refractivity contribution in [1.29, 1.82) is 0 Å². The molecule has 1 atom stereocenters. The third-order valence-electron chi connectivity index (χ3n) is 1.95. The predicted molar refractivity (Wildman–Crippen MR) is 45.2 cm³/mol. The van der Waals surface area contributed by atoms with Gasteiger partial charge in [0.2, 0.25) is 0 Å². The van der Waals surface area contributed by atoms with Gasteiger partial charge in [0.15, 0.2) is 11.5 Å². The summed E-state index contributed by atoms with van der Waals surface area (Å²) in [5.41, 5.74) is 6.11. The molecule has 0 spiro atoms. The van der Waals surface area contributed by atoms with Gasteiger partial charge in [-0.25, -0.2) is 0 Å². The van der Waals surface area contributed by atoms with Gasteiger partial charge in [-0.1, -0.05) is 12.1 Å². The quantitative estimate of drug-likeness (QED) is 0.756. The minimum Gasteiger partial charge on any atom is -0.395 e. The highest BCUT2D eigenvalue weighted by Crippen LogP contribution is 2.44. The maximum atomic E-state index is 12.7. The third-order valence-corrected chi connectivity index (χ3v) is 1.95. The van der Waals surface area contributed by atoms with Crippen LogP contribution in [0.25, 0.3) is 0 Å². The van der Waals surface area contributed by atoms with E-state index in [4.69, 9.17) is 5.73 Å². The highest BCUT2D eigenvalue weighted by atomic mass is 19.3. The second-order valence-corrected chi connectivity index (χ2v) is 3.13. The Morgan fingerprint density at radius 1 is 1.36 bits per heavy atom. The summed E-state index contributed by atoms with van der Waals surface area (Å²) in [6, 6.07) is 4.28. The first-order valence-electron chi connectivity index (χ1n) is 4.14. The number of nitrogens with two attached hydrogens (primary N) is 1. The van der Waals surface area contributed by atoms with E-state index in [0.717, 1.165) is 0 Å². The van der Waals surface area contributed by atoms with Gasteiger partial charge in [-0.05, 0) is 13.0 Å². The van der Waals surface area contributed by atoms with Crippen LogP contribution in [-0.2, 0) is 0 Å². The molecule has 0 aliphatic carbocycles. The molecule has 3 nitrogen and oxygen atoms in total. The molecule has 1 aromatic carbocycles. The Balaban J connectivity index is 2.46. The van der Waals surface area contributed by atoms with Gasteiger partial charge >= 0.3 is 6.29 Å². The minimum absolute atomic E-state index is 0.0322. The highest BCUT2D eigenvalue weighted by molar-refractivity contribution is 5.49. The first kappa shape index (κ1) is 9.21. The van der Waals surface area contributed by atoms with Crippen molar-refractivity contribution in [1.82, 2.24) is 0 Å². The Labute approximate surface area is 79.4 Å². The molecule has 2 N–H and O–H groups in total. The highest BCUT2D eigenvalue weighted by Gasteiger charge is 2.44. The molecule has 0 aromatic heterocycles. The van der Waals surface area contributed by atoms with Gasteiger partial charge < -0.3 is 15.2 Å². The number of fused-ring (bicyclic) bond motifs is 1. The number of halogens is 2. The van der Waals surface area contributed by atoms with Gasteiger partial charge in [0.25, 0.3) is 0 Å². The van der Waals surface area contributed by atoms with E-state index in [-0.39, 0.29) is 17.5 Å². The molecule has 5 heteroatoms. The summed E-state index contributed by atoms with van der Waals surface area (Å²) < 4.78 is 34.0. The lowest BCUT2D eigenvalue weighted by Crippen LogP contribution is -2.26. The van der Waals surface area contributed by atoms with Crippen molar-refractivity contribution in [2.75, 3.05) is 0 Å². The van der Waals surface area contributed by atoms with Gasteiger partial charge in [-0.15, -0.1) is 8.78 Å². The standard InChI is InChI=1S/C9H9F2NO2/c1-5(12)6-3-2-4-7-8(6)14-9(10,11)13-7/h2-5H,12H2,1H3/t5-/m0/s1. The lowest BCUT2D eigenvalue weighted by atomic mass is 10.1. The molecule has 0 saturated carbocycles. The number of rotatable bonds is 1. The second kappa shape index (κ2) is 2.81. The smallest absolute Gasteiger partial charge is 0.395 e. The van der Waals surface area contributed by atoms with Crippen LogP contribution in [0.2, 0.25) is 0 Å². The Kier molecular flexibility index (Phi) is 1.85. The van der Waals surface area contributed by atoms with E-state index < -0.39 is 6.29 Å². The van der Waals surface area contributed by atoms with Crippen LogP contribution in [0, 0.1) is 0 Å². The molecule has 1 aliphatic heterocycles. The molecule has 1 aromatic rings. The van der Waals surface area contributed by atoms with E-state index in [1.807, 2.05) is 0 Å². The fraction of sp³-hybridized carbons (Fsp3) is 0.333. The first-order valence-corrected chi connectivity index (χ1v) is 4.14. The third kappa shape index (κ3) is 1.39. The Morgan fingerprint density at radius 3 is 2.71 bits per heavy atom. The molecule has 1 aliphatic rings. The average molecular weight is 201 g/mol. The summed E-state index contributed by atoms with van der Waals surface area (Å²) in [5, 5.41) is 0. The zero-order chi connectivity index (χ0) is 10.3. The Hall–Kier alpha value is -1.36. The number of hydrogen-bond donors (Lipinski definition) is 1. The van der Waals surface area contributed by atoms with E-state index in [1.54, 1.807) is 19.1 Å². The summed E-state index contributed by atoms with van der Waals surface area (Å²) in [6.07, 6.45) is -3.58. The summed E-state index contributed by atoms with van der Waals surface area (Å²) >= 11 is 0. The molecule has 0 radical (unpaired) electrons. The molecule has 14 heavy (non-hydrogen) atoms. The lowest BCUT2D eigenvalue weighted by Gasteiger charge is -2.09. The summed E-state index contributed by atoms with van der Waals surface area (Å²) in [7, 11) is 0. The van der Waals surface area contributed by atoms with Crippen LogP contribution < -0.4 is 15.2 Å². The van der Waals surface area contributed by atoms with Gasteiger partial charge in [-0.2, -0.15) is 0 Å². The van der Waals surface area contributed by atoms with E-state index in [1.165, 1.54) is 6.07 Å². The maximum absolute atomic E-state index is 12.7. The van der Waals surface area contributed by atoms with Crippen molar-refractivity contribution in [2.24, 2.45) is 5.73 Å². The zero-order valence-corrected chi connectivity index (χ0v) is 7.46. The van der Waals surface area contributed by atoms with Crippen molar-refractivity contribution >= 4 is 0 Å². The van der Waals surface area contributed by atoms with Gasteiger partial charge in [0, 0.05) is 11.6 Å². The molecule has 1 heterocycles. The SMILES string of the molecule is C[C@H](N)c1cccc2c1OC(F)(F)O2. The Bertz CT molecular complexity index is 366. The number of hydrogen-bond acceptors (Lipinski definition) is 3. The molecule has 0 amide bonds. The monoisotopic (exact) mass is 201 g/mol. The normalized spacial score (nSPS) is 19.4. The van der Waals surface area contributed by atoms with Crippen molar-refractivity contribution in [3.63, 3.8) is 0 Å². The van der Waals surface area contributed by atoms with Gasteiger partial charge in [0.1, 0.15) is 0 Å². The van der Waals surface area contributed by atoms with Crippen molar-refractivity contribution < 1.29 is 18.3 Å². The van der Waals surface area contributed by atoms with Crippen molar-refractivity contribution in [3.8, 4) is 11.5 Å². The first-order chi connectivity index (χ1) is 6.49. The summed E-state index contributed by atoms with van der Waals surface area (Å²) in [5.74, 6) is 0.0669. The van der Waals surface area contributed by atoms with Crippen LogP contribution in [0.15, 0.2) is 18.2 Å². The molecule has 0 saturated heterocycles.